The molecule has 1 aromatic rings. The molecule has 1 rings (SSSR count). The molecule has 1 aromatic carbocycles. The third-order valence-electron chi connectivity index (χ3n) is 2.30. The molecule has 0 bridgehead atoms. The summed E-state index contributed by atoms with van der Waals surface area (Å²) in [5.41, 5.74) is 6.52. The molecule has 0 amide bonds. The zero-order chi connectivity index (χ0) is 11.6. The number of aryl methyl sites for hydroxylation is 1. The second kappa shape index (κ2) is 4.73. The van der Waals surface area contributed by atoms with Crippen molar-refractivity contribution in [2.75, 3.05) is 6.54 Å². The lowest BCUT2D eigenvalue weighted by Crippen LogP contribution is -2.10. The predicted molar refractivity (Wildman–Crippen MR) is 58.9 cm³/mol. The smallest absolute Gasteiger partial charge is 0.164 e. The molecule has 0 aliphatic heterocycles. The highest BCUT2D eigenvalue weighted by Gasteiger charge is 2.16. The Balaban J connectivity index is 3.26. The number of ketones is 1. The van der Waals surface area contributed by atoms with Gasteiger partial charge >= 0.3 is 0 Å². The summed E-state index contributed by atoms with van der Waals surface area (Å²) in [7, 11) is 0. The lowest BCUT2D eigenvalue weighted by molar-refractivity contribution is 0.0984. The number of halogens is 2. The van der Waals surface area contributed by atoms with Crippen molar-refractivity contribution < 1.29 is 9.18 Å². The van der Waals surface area contributed by atoms with Crippen LogP contribution in [0.5, 0.6) is 0 Å². The van der Waals surface area contributed by atoms with Crippen molar-refractivity contribution in [3.8, 4) is 0 Å². The maximum atomic E-state index is 13.5. The van der Waals surface area contributed by atoms with Crippen molar-refractivity contribution in [2.24, 2.45) is 5.73 Å². The average Bonchev–Trinajstić information content (AvgIpc) is 2.20. The van der Waals surface area contributed by atoms with Crippen LogP contribution in [0.4, 0.5) is 4.39 Å². The fraction of sp³-hybridized carbons (Fsp3) is 0.364. The van der Waals surface area contributed by atoms with Crippen LogP contribution in [0, 0.1) is 19.7 Å². The largest absolute Gasteiger partial charge is 0.330 e. The Labute approximate surface area is 93.2 Å². The van der Waals surface area contributed by atoms with Crippen LogP contribution in [0.3, 0.4) is 0 Å². The summed E-state index contributed by atoms with van der Waals surface area (Å²) >= 11 is 5.73. The minimum Gasteiger partial charge on any atom is -0.330 e. The molecule has 0 aliphatic carbocycles. The van der Waals surface area contributed by atoms with E-state index >= 15 is 0 Å². The van der Waals surface area contributed by atoms with E-state index in [9.17, 15) is 9.18 Å². The van der Waals surface area contributed by atoms with Gasteiger partial charge < -0.3 is 5.73 Å². The summed E-state index contributed by atoms with van der Waals surface area (Å²) in [5.74, 6) is -0.661. The first kappa shape index (κ1) is 12.1. The molecule has 0 radical (unpaired) electrons. The van der Waals surface area contributed by atoms with Crippen LogP contribution < -0.4 is 5.73 Å². The molecule has 0 aromatic heterocycles. The second-order valence-electron chi connectivity index (χ2n) is 3.46. The molecule has 0 aliphatic rings. The highest BCUT2D eigenvalue weighted by Crippen LogP contribution is 2.26. The standard InChI is InChI=1S/C11H13ClFNO/c1-6-5-8(9(15)3-4-14)7(2)11(13)10(6)12/h5H,3-4,14H2,1-2H3. The zero-order valence-corrected chi connectivity index (χ0v) is 9.49. The molecule has 0 spiro atoms. The number of nitrogens with two attached hydrogens (primary N) is 1. The van der Waals surface area contributed by atoms with Gasteiger partial charge in [0.25, 0.3) is 0 Å². The van der Waals surface area contributed by atoms with E-state index in [1.807, 2.05) is 0 Å². The van der Waals surface area contributed by atoms with E-state index in [0.29, 0.717) is 16.7 Å². The fourth-order valence-electron chi connectivity index (χ4n) is 1.40. The Bertz CT molecular complexity index is 404. The lowest BCUT2D eigenvalue weighted by atomic mass is 9.99. The second-order valence-corrected chi connectivity index (χ2v) is 3.83. The molecule has 0 heterocycles. The zero-order valence-electron chi connectivity index (χ0n) is 8.73. The Morgan fingerprint density at radius 3 is 2.67 bits per heavy atom. The number of Topliss-reactive ketones (excluding diaryl/α,β-unsaturated/α-hetero) is 1. The van der Waals surface area contributed by atoms with Gasteiger partial charge in [-0.25, -0.2) is 4.39 Å². The van der Waals surface area contributed by atoms with E-state index in [4.69, 9.17) is 17.3 Å². The topological polar surface area (TPSA) is 43.1 Å². The molecule has 2 N–H and O–H groups in total. The molecule has 0 saturated heterocycles. The van der Waals surface area contributed by atoms with E-state index in [2.05, 4.69) is 0 Å². The summed E-state index contributed by atoms with van der Waals surface area (Å²) in [5, 5.41) is 0.0804. The summed E-state index contributed by atoms with van der Waals surface area (Å²) in [6, 6.07) is 1.61. The van der Waals surface area contributed by atoms with Gasteiger partial charge in [0.1, 0.15) is 5.82 Å². The summed E-state index contributed by atoms with van der Waals surface area (Å²) in [4.78, 5) is 11.6. The van der Waals surface area contributed by atoms with Gasteiger partial charge in [-0.05, 0) is 37.6 Å². The van der Waals surface area contributed by atoms with Gasteiger partial charge in [-0.3, -0.25) is 4.79 Å². The number of carbonyl (C=O) groups excluding carboxylic acids is 1. The van der Waals surface area contributed by atoms with Gasteiger partial charge in [0.15, 0.2) is 5.78 Å². The van der Waals surface area contributed by atoms with Crippen LogP contribution in [0.2, 0.25) is 5.02 Å². The SMILES string of the molecule is Cc1cc(C(=O)CCN)c(C)c(F)c1Cl. The number of benzene rings is 1. The normalized spacial score (nSPS) is 10.5. The minimum absolute atomic E-state index is 0.0804. The lowest BCUT2D eigenvalue weighted by Gasteiger charge is -2.09. The first-order chi connectivity index (χ1) is 6.99. The van der Waals surface area contributed by atoms with Crippen molar-refractivity contribution in [1.29, 1.82) is 0 Å². The molecular weight excluding hydrogens is 217 g/mol. The summed E-state index contributed by atoms with van der Waals surface area (Å²) in [6.45, 7) is 3.48. The van der Waals surface area contributed by atoms with E-state index in [1.54, 1.807) is 19.9 Å². The predicted octanol–water partition coefficient (Wildman–Crippen LogP) is 2.63. The molecule has 82 valence electrons. The van der Waals surface area contributed by atoms with Gasteiger partial charge in [-0.1, -0.05) is 11.6 Å². The molecule has 4 heteroatoms. The Morgan fingerprint density at radius 2 is 2.13 bits per heavy atom. The molecule has 0 saturated carbocycles. The Morgan fingerprint density at radius 1 is 1.53 bits per heavy atom. The molecule has 0 fully saturated rings. The van der Waals surface area contributed by atoms with Crippen LogP contribution in [-0.2, 0) is 0 Å². The van der Waals surface area contributed by atoms with E-state index in [0.717, 1.165) is 0 Å². The quantitative estimate of drug-likeness (QED) is 0.810. The molecule has 15 heavy (non-hydrogen) atoms. The highest BCUT2D eigenvalue weighted by atomic mass is 35.5. The summed E-state index contributed by atoms with van der Waals surface area (Å²) in [6.07, 6.45) is 0.224. The number of carbonyl (C=O) groups is 1. The van der Waals surface area contributed by atoms with Crippen molar-refractivity contribution >= 4 is 17.4 Å². The number of hydrogen-bond donors (Lipinski definition) is 1. The van der Waals surface area contributed by atoms with Crippen LogP contribution in [0.15, 0.2) is 6.07 Å². The van der Waals surface area contributed by atoms with Gasteiger partial charge in [0, 0.05) is 12.0 Å². The summed E-state index contributed by atoms with van der Waals surface area (Å²) < 4.78 is 13.5. The van der Waals surface area contributed by atoms with E-state index < -0.39 is 5.82 Å². The maximum absolute atomic E-state index is 13.5. The number of hydrogen-bond acceptors (Lipinski definition) is 2. The van der Waals surface area contributed by atoms with Gasteiger partial charge in [0.2, 0.25) is 0 Å². The molecule has 0 unspecified atom stereocenters. The van der Waals surface area contributed by atoms with Gasteiger partial charge in [0.05, 0.1) is 5.02 Å². The third kappa shape index (κ3) is 2.36. The van der Waals surface area contributed by atoms with Gasteiger partial charge in [-0.2, -0.15) is 0 Å². The average molecular weight is 230 g/mol. The van der Waals surface area contributed by atoms with Crippen molar-refractivity contribution in [3.05, 3.63) is 33.6 Å². The third-order valence-corrected chi connectivity index (χ3v) is 2.77. The Hall–Kier alpha value is -0.930. The van der Waals surface area contributed by atoms with E-state index in [-0.39, 0.29) is 23.8 Å². The van der Waals surface area contributed by atoms with Crippen molar-refractivity contribution in [3.63, 3.8) is 0 Å². The van der Waals surface area contributed by atoms with E-state index in [1.165, 1.54) is 0 Å². The first-order valence-corrected chi connectivity index (χ1v) is 5.05. The molecular formula is C11H13ClFNO. The van der Waals surface area contributed by atoms with Gasteiger partial charge in [-0.15, -0.1) is 0 Å². The molecule has 0 atom stereocenters. The van der Waals surface area contributed by atoms with Crippen molar-refractivity contribution in [1.82, 2.24) is 0 Å². The van der Waals surface area contributed by atoms with Crippen LogP contribution in [-0.4, -0.2) is 12.3 Å². The van der Waals surface area contributed by atoms with Crippen molar-refractivity contribution in [2.45, 2.75) is 20.3 Å². The fourth-order valence-corrected chi connectivity index (χ4v) is 1.60. The molecule has 2 nitrogen and oxygen atoms in total. The highest BCUT2D eigenvalue weighted by molar-refractivity contribution is 6.31. The van der Waals surface area contributed by atoms with Crippen LogP contribution >= 0.6 is 11.6 Å². The monoisotopic (exact) mass is 229 g/mol. The minimum atomic E-state index is -0.517. The van der Waals surface area contributed by atoms with Crippen LogP contribution in [0.25, 0.3) is 0 Å². The number of rotatable bonds is 3. The Kier molecular flexibility index (Phi) is 3.83. The first-order valence-electron chi connectivity index (χ1n) is 4.67. The van der Waals surface area contributed by atoms with Crippen LogP contribution in [0.1, 0.15) is 27.9 Å². The maximum Gasteiger partial charge on any atom is 0.164 e.